The van der Waals surface area contributed by atoms with E-state index >= 15 is 0 Å². The van der Waals surface area contributed by atoms with Crippen molar-refractivity contribution in [2.75, 3.05) is 45.3 Å². The predicted octanol–water partition coefficient (Wildman–Crippen LogP) is 1.49. The van der Waals surface area contributed by atoms with Gasteiger partial charge in [-0.15, -0.1) is 11.3 Å². The van der Waals surface area contributed by atoms with Gasteiger partial charge in [0.25, 0.3) is 23.6 Å². The molecule has 2 aromatic carbocycles. The first-order chi connectivity index (χ1) is 31.6. The van der Waals surface area contributed by atoms with Gasteiger partial charge in [0.05, 0.1) is 15.9 Å². The zero-order chi connectivity index (χ0) is 48.9. The standard InChI is InChI=1S/C24H26N2O6S.C23H27N3O6S2/c1-24(23(29)25-30,33(2,31)32)12-13-26-16-20-15-19(9-10-21(20)22(26)28)8-7-17-3-5-18(6-4-17)11-14-27;1-23(22(29)24-30,34(2,31)32)7-8-25-14-16-9-19(33-20(16)21(25)28)6-4-3-5-15-12-26(13-15)17-10-18(27)11-17/h3-6,9-10,15,27,30H,11-14,16H2,1-2H3,(H,25,29);9,15,17-18,27,30H,7-8,10-14H2,1-2H3,(H,24,29)/t;17?,18?,23-/m.1/s1. The van der Waals surface area contributed by atoms with E-state index < -0.39 is 41.0 Å². The fourth-order valence-electron chi connectivity index (χ4n) is 7.92. The number of fused-ring (bicyclic) bond motifs is 2. The van der Waals surface area contributed by atoms with E-state index in [1.165, 1.54) is 45.9 Å². The number of thiophene rings is 1. The Hall–Kier alpha value is -5.60. The van der Waals surface area contributed by atoms with Gasteiger partial charge < -0.3 is 20.0 Å². The smallest absolute Gasteiger partial charge is 0.264 e. The predicted molar refractivity (Wildman–Crippen MR) is 248 cm³/mol. The second-order valence-corrected chi connectivity index (χ2v) is 23.5. The normalized spacial score (nSPS) is 19.5. The van der Waals surface area contributed by atoms with Gasteiger partial charge in [-0.25, -0.2) is 27.8 Å². The number of carbonyl (C=O) groups is 4. The number of amides is 4. The average molecular weight is 976 g/mol. The lowest BCUT2D eigenvalue weighted by atomic mass is 9.84. The van der Waals surface area contributed by atoms with Crippen molar-refractivity contribution in [1.29, 1.82) is 0 Å². The lowest BCUT2D eigenvalue weighted by Gasteiger charge is -2.48. The SMILES string of the molecule is CC(CCN1Cc2cc(C#Cc3ccc(CCO)cc3)ccc2C1=O)(C(=O)NO)S(C)(=O)=O.C[C@@](CCN1Cc2cc(C#CC#CC3CN(C4CC(O)C4)C3)sc2C1=O)(C(=O)NO)S(C)(=O)=O. The molecule has 1 unspecified atom stereocenters. The topological polar surface area (TPSA) is 251 Å². The molecular formula is C47H53N5O12S3. The molecule has 17 nitrogen and oxygen atoms in total. The van der Waals surface area contributed by atoms with Crippen molar-refractivity contribution in [1.82, 2.24) is 25.7 Å². The number of carbonyl (C=O) groups excluding carboxylic acids is 4. The molecule has 0 bridgehead atoms. The Kier molecular flexibility index (Phi) is 15.7. The summed E-state index contributed by atoms with van der Waals surface area (Å²) in [6, 6.07) is 15.2. The summed E-state index contributed by atoms with van der Waals surface area (Å²) in [5, 5.41) is 36.3. The molecule has 0 spiro atoms. The van der Waals surface area contributed by atoms with Crippen molar-refractivity contribution in [2.24, 2.45) is 5.92 Å². The minimum atomic E-state index is -3.84. The summed E-state index contributed by atoms with van der Waals surface area (Å²) >= 11 is 1.28. The van der Waals surface area contributed by atoms with Crippen LogP contribution in [0.25, 0.3) is 0 Å². The lowest BCUT2D eigenvalue weighted by molar-refractivity contribution is -0.132. The van der Waals surface area contributed by atoms with E-state index in [0.29, 0.717) is 35.4 Å². The van der Waals surface area contributed by atoms with Gasteiger partial charge in [0.1, 0.15) is 0 Å². The third kappa shape index (κ3) is 11.4. The van der Waals surface area contributed by atoms with Crippen molar-refractivity contribution in [2.45, 2.75) is 80.7 Å². The van der Waals surface area contributed by atoms with Crippen LogP contribution in [0.5, 0.6) is 0 Å². The van der Waals surface area contributed by atoms with Gasteiger partial charge in [-0.05, 0) is 117 Å². The van der Waals surface area contributed by atoms with Gasteiger partial charge >= 0.3 is 0 Å². The lowest BCUT2D eigenvalue weighted by Crippen LogP contribution is -2.57. The molecule has 67 heavy (non-hydrogen) atoms. The molecule has 4 aliphatic rings. The average Bonchev–Trinajstić information content (AvgIpc) is 3.91. The first-order valence-electron chi connectivity index (χ1n) is 21.4. The number of nitrogens with one attached hydrogen (secondary N) is 2. The zero-order valence-corrected chi connectivity index (χ0v) is 39.9. The fourth-order valence-corrected chi connectivity index (χ4v) is 10.6. The molecule has 1 saturated carbocycles. The van der Waals surface area contributed by atoms with Crippen LogP contribution >= 0.6 is 11.3 Å². The monoisotopic (exact) mass is 975 g/mol. The molecule has 7 rings (SSSR count). The van der Waals surface area contributed by atoms with Crippen molar-refractivity contribution in [3.63, 3.8) is 0 Å². The summed E-state index contributed by atoms with van der Waals surface area (Å²) in [4.78, 5) is 56.1. The largest absolute Gasteiger partial charge is 0.396 e. The molecule has 2 fully saturated rings. The fraction of sp³-hybridized carbons (Fsp3) is 0.447. The molecular weight excluding hydrogens is 923 g/mol. The quantitative estimate of drug-likeness (QED) is 0.0809. The van der Waals surface area contributed by atoms with Crippen LogP contribution in [0.4, 0.5) is 0 Å². The highest BCUT2D eigenvalue weighted by Crippen LogP contribution is 2.33. The third-order valence-electron chi connectivity index (χ3n) is 12.9. The molecule has 4 amide bonds. The van der Waals surface area contributed by atoms with Crippen molar-refractivity contribution in [3.8, 4) is 35.5 Å². The number of hydroxylamine groups is 2. The number of aliphatic hydroxyl groups is 2. The summed E-state index contributed by atoms with van der Waals surface area (Å²) in [6.07, 6.45) is 3.72. The van der Waals surface area contributed by atoms with E-state index in [9.17, 15) is 41.1 Å². The van der Waals surface area contributed by atoms with Gasteiger partial charge in [0, 0.05) is 87.0 Å². The molecule has 20 heteroatoms. The van der Waals surface area contributed by atoms with E-state index in [4.69, 9.17) is 15.5 Å². The Balaban J connectivity index is 0.000000221. The van der Waals surface area contributed by atoms with Crippen LogP contribution < -0.4 is 11.0 Å². The third-order valence-corrected chi connectivity index (χ3v) is 18.0. The summed E-state index contributed by atoms with van der Waals surface area (Å²) in [5.41, 5.74) is 7.53. The van der Waals surface area contributed by atoms with Crippen LogP contribution in [0, 0.1) is 41.4 Å². The first kappa shape index (κ1) is 50.8. The molecule has 0 radical (unpaired) electrons. The molecule has 4 heterocycles. The highest BCUT2D eigenvalue weighted by Gasteiger charge is 2.46. The minimum Gasteiger partial charge on any atom is -0.396 e. The molecule has 2 atom stereocenters. The van der Waals surface area contributed by atoms with Crippen LogP contribution in [0.3, 0.4) is 0 Å². The summed E-state index contributed by atoms with van der Waals surface area (Å²) < 4.78 is 44.8. The number of hydrogen-bond acceptors (Lipinski definition) is 14. The molecule has 356 valence electrons. The Morgan fingerprint density at radius 2 is 1.33 bits per heavy atom. The van der Waals surface area contributed by atoms with Crippen LogP contribution in [0.15, 0.2) is 48.5 Å². The first-order valence-corrected chi connectivity index (χ1v) is 26.0. The number of nitrogens with zero attached hydrogens (tertiary/aromatic N) is 3. The number of hydrogen-bond donors (Lipinski definition) is 6. The number of rotatable bonds is 13. The number of sulfone groups is 2. The zero-order valence-electron chi connectivity index (χ0n) is 37.5. The molecule has 1 saturated heterocycles. The summed E-state index contributed by atoms with van der Waals surface area (Å²) in [5.74, 6) is 15.8. The van der Waals surface area contributed by atoms with Gasteiger partial charge in [0.15, 0.2) is 29.2 Å². The molecule has 3 aromatic rings. The maximum Gasteiger partial charge on any atom is 0.264 e. The van der Waals surface area contributed by atoms with Crippen LogP contribution in [0.1, 0.15) is 92.3 Å². The van der Waals surface area contributed by atoms with E-state index in [1.807, 2.05) is 36.4 Å². The van der Waals surface area contributed by atoms with E-state index in [1.54, 1.807) is 12.1 Å². The van der Waals surface area contributed by atoms with Gasteiger partial charge in [-0.2, -0.15) is 0 Å². The van der Waals surface area contributed by atoms with Gasteiger partial charge in [0.2, 0.25) is 0 Å². The maximum absolute atomic E-state index is 12.8. The number of aliphatic hydroxyl groups excluding tert-OH is 2. The summed E-state index contributed by atoms with van der Waals surface area (Å²) in [6.45, 7) is 5.08. The highest BCUT2D eigenvalue weighted by molar-refractivity contribution is 7.93. The van der Waals surface area contributed by atoms with E-state index in [0.717, 1.165) is 71.1 Å². The van der Waals surface area contributed by atoms with Crippen LogP contribution in [-0.2, 0) is 48.8 Å². The molecule has 1 aliphatic carbocycles. The molecule has 3 aliphatic heterocycles. The second-order valence-electron chi connectivity index (χ2n) is 17.5. The second kappa shape index (κ2) is 20.7. The Morgan fingerprint density at radius 3 is 1.87 bits per heavy atom. The van der Waals surface area contributed by atoms with Crippen LogP contribution in [-0.4, -0.2) is 143 Å². The molecule has 1 aromatic heterocycles. The minimum absolute atomic E-state index is 0.0334. The van der Waals surface area contributed by atoms with E-state index in [-0.39, 0.29) is 57.0 Å². The van der Waals surface area contributed by atoms with Crippen molar-refractivity contribution in [3.05, 3.63) is 91.7 Å². The Morgan fingerprint density at radius 1 is 0.776 bits per heavy atom. The van der Waals surface area contributed by atoms with Crippen LogP contribution in [0.2, 0.25) is 0 Å². The van der Waals surface area contributed by atoms with Gasteiger partial charge in [-0.1, -0.05) is 29.9 Å². The molecule has 6 N–H and O–H groups in total. The summed E-state index contributed by atoms with van der Waals surface area (Å²) in [7, 11) is -7.66. The van der Waals surface area contributed by atoms with E-state index in [2.05, 4.69) is 40.4 Å². The van der Waals surface area contributed by atoms with Crippen molar-refractivity contribution >= 4 is 54.6 Å². The Labute approximate surface area is 394 Å². The number of benzene rings is 2. The van der Waals surface area contributed by atoms with Crippen molar-refractivity contribution < 1.29 is 56.6 Å². The highest BCUT2D eigenvalue weighted by atomic mass is 32.2. The van der Waals surface area contributed by atoms with Gasteiger partial charge in [-0.3, -0.25) is 34.5 Å². The number of likely N-dealkylation sites (tertiary alicyclic amines) is 1. The Bertz CT molecular complexity index is 2840. The maximum atomic E-state index is 12.8.